The second-order valence-corrected chi connectivity index (χ2v) is 3.27. The van der Waals surface area contributed by atoms with E-state index in [0.29, 0.717) is 6.42 Å². The molecule has 0 saturated heterocycles. The number of carbonyl (C=O) groups is 1. The van der Waals surface area contributed by atoms with Crippen molar-refractivity contribution in [1.29, 1.82) is 0 Å². The van der Waals surface area contributed by atoms with Gasteiger partial charge in [0, 0.05) is 7.05 Å². The van der Waals surface area contributed by atoms with Crippen molar-refractivity contribution in [1.82, 2.24) is 5.32 Å². The summed E-state index contributed by atoms with van der Waals surface area (Å²) in [7, 11) is 3.20. The quantitative estimate of drug-likeness (QED) is 0.821. The Morgan fingerprint density at radius 2 is 2.00 bits per heavy atom. The number of carbonyl (C=O) groups excluding carboxylic acids is 1. The van der Waals surface area contributed by atoms with Crippen LogP contribution in [0.3, 0.4) is 0 Å². The molecule has 3 N–H and O–H groups in total. The lowest BCUT2D eigenvalue weighted by atomic mass is 10.1. The molecule has 16 heavy (non-hydrogen) atoms. The van der Waals surface area contributed by atoms with Crippen LogP contribution in [-0.4, -0.2) is 26.1 Å². The summed E-state index contributed by atoms with van der Waals surface area (Å²) < 4.78 is 5.03. The molecule has 90 valence electrons. The van der Waals surface area contributed by atoms with E-state index in [4.69, 9.17) is 10.5 Å². The van der Waals surface area contributed by atoms with E-state index in [1.807, 2.05) is 24.3 Å². The van der Waals surface area contributed by atoms with Crippen LogP contribution in [0.4, 0.5) is 0 Å². The van der Waals surface area contributed by atoms with Crippen LogP contribution in [0.15, 0.2) is 24.3 Å². The van der Waals surface area contributed by atoms with E-state index in [0.717, 1.165) is 11.3 Å². The molecular formula is C11H17ClN2O2. The molecular weight excluding hydrogens is 228 g/mol. The van der Waals surface area contributed by atoms with Crippen LogP contribution in [0, 0.1) is 0 Å². The maximum atomic E-state index is 11.2. The largest absolute Gasteiger partial charge is 0.497 e. The fraction of sp³-hybridized carbons (Fsp3) is 0.364. The molecule has 0 bridgehead atoms. The summed E-state index contributed by atoms with van der Waals surface area (Å²) in [6, 6.07) is 7.02. The molecule has 1 rings (SSSR count). The van der Waals surface area contributed by atoms with Crippen molar-refractivity contribution in [3.05, 3.63) is 29.8 Å². The van der Waals surface area contributed by atoms with Crippen LogP contribution in [-0.2, 0) is 11.2 Å². The van der Waals surface area contributed by atoms with Gasteiger partial charge in [-0.25, -0.2) is 0 Å². The van der Waals surface area contributed by atoms with Gasteiger partial charge in [0.25, 0.3) is 0 Å². The van der Waals surface area contributed by atoms with Crippen molar-refractivity contribution in [3.63, 3.8) is 0 Å². The number of likely N-dealkylation sites (N-methyl/N-ethyl adjacent to an activating group) is 1. The summed E-state index contributed by atoms with van der Waals surface area (Å²) >= 11 is 0. The van der Waals surface area contributed by atoms with E-state index >= 15 is 0 Å². The molecule has 1 aromatic carbocycles. The van der Waals surface area contributed by atoms with Crippen LogP contribution < -0.4 is 15.8 Å². The molecule has 0 unspecified atom stereocenters. The third-order valence-electron chi connectivity index (χ3n) is 2.20. The van der Waals surface area contributed by atoms with Crippen LogP contribution in [0.25, 0.3) is 0 Å². The van der Waals surface area contributed by atoms with E-state index in [9.17, 15) is 4.79 Å². The molecule has 1 atom stereocenters. The van der Waals surface area contributed by atoms with Gasteiger partial charge in [0.15, 0.2) is 0 Å². The molecule has 0 aliphatic rings. The Morgan fingerprint density at radius 3 is 2.44 bits per heavy atom. The van der Waals surface area contributed by atoms with E-state index in [-0.39, 0.29) is 18.3 Å². The molecule has 0 aliphatic heterocycles. The number of nitrogens with one attached hydrogen (secondary N) is 1. The molecule has 0 aromatic heterocycles. The predicted octanol–water partition coefficient (Wildman–Crippen LogP) is 0.733. The first-order valence-electron chi connectivity index (χ1n) is 4.77. The monoisotopic (exact) mass is 244 g/mol. The molecule has 4 nitrogen and oxygen atoms in total. The van der Waals surface area contributed by atoms with Crippen molar-refractivity contribution >= 4 is 18.3 Å². The number of halogens is 1. The van der Waals surface area contributed by atoms with Gasteiger partial charge in [-0.05, 0) is 24.1 Å². The fourth-order valence-corrected chi connectivity index (χ4v) is 1.29. The Kier molecular flexibility index (Phi) is 6.53. The number of rotatable bonds is 4. The number of hydrogen-bond donors (Lipinski definition) is 2. The Hall–Kier alpha value is -1.26. The second kappa shape index (κ2) is 7.09. The maximum absolute atomic E-state index is 11.2. The minimum absolute atomic E-state index is 0. The normalized spacial score (nSPS) is 11.2. The number of benzene rings is 1. The summed E-state index contributed by atoms with van der Waals surface area (Å²) in [4.78, 5) is 11.2. The van der Waals surface area contributed by atoms with Gasteiger partial charge >= 0.3 is 0 Å². The van der Waals surface area contributed by atoms with E-state index in [2.05, 4.69) is 5.32 Å². The fourth-order valence-electron chi connectivity index (χ4n) is 1.29. The first-order valence-corrected chi connectivity index (χ1v) is 4.77. The standard InChI is InChI=1S/C11H16N2O2.ClH/c1-13-11(14)10(12)7-8-3-5-9(15-2)6-4-8;/h3-6,10H,7,12H2,1-2H3,(H,13,14);1H/t10-;/m1./s1. The average molecular weight is 245 g/mol. The lowest BCUT2D eigenvalue weighted by Gasteiger charge is -2.10. The van der Waals surface area contributed by atoms with Crippen molar-refractivity contribution in [2.24, 2.45) is 5.73 Å². The highest BCUT2D eigenvalue weighted by atomic mass is 35.5. The Labute approximate surface area is 102 Å². The molecule has 0 fully saturated rings. The highest BCUT2D eigenvalue weighted by Crippen LogP contribution is 2.12. The van der Waals surface area contributed by atoms with E-state index < -0.39 is 6.04 Å². The zero-order chi connectivity index (χ0) is 11.3. The van der Waals surface area contributed by atoms with Crippen molar-refractivity contribution in [2.45, 2.75) is 12.5 Å². The smallest absolute Gasteiger partial charge is 0.237 e. The van der Waals surface area contributed by atoms with Crippen LogP contribution >= 0.6 is 12.4 Å². The second-order valence-electron chi connectivity index (χ2n) is 3.27. The van der Waals surface area contributed by atoms with Gasteiger partial charge < -0.3 is 15.8 Å². The SMILES string of the molecule is CNC(=O)[C@H](N)Cc1ccc(OC)cc1.Cl. The molecule has 1 amide bonds. The minimum atomic E-state index is -0.497. The van der Waals surface area contributed by atoms with Gasteiger partial charge in [-0.2, -0.15) is 0 Å². The lowest BCUT2D eigenvalue weighted by Crippen LogP contribution is -2.40. The highest BCUT2D eigenvalue weighted by molar-refractivity contribution is 5.85. The predicted molar refractivity (Wildman–Crippen MR) is 66.0 cm³/mol. The maximum Gasteiger partial charge on any atom is 0.237 e. The Bertz CT molecular complexity index is 327. The third-order valence-corrected chi connectivity index (χ3v) is 2.20. The van der Waals surface area contributed by atoms with Crippen molar-refractivity contribution in [2.75, 3.05) is 14.2 Å². The summed E-state index contributed by atoms with van der Waals surface area (Å²) in [6.45, 7) is 0. The number of hydrogen-bond acceptors (Lipinski definition) is 3. The van der Waals surface area contributed by atoms with E-state index in [1.54, 1.807) is 14.2 Å². The van der Waals surface area contributed by atoms with Crippen LogP contribution in [0.1, 0.15) is 5.56 Å². The van der Waals surface area contributed by atoms with Gasteiger partial charge in [-0.3, -0.25) is 4.79 Å². The minimum Gasteiger partial charge on any atom is -0.497 e. The number of amides is 1. The van der Waals surface area contributed by atoms with E-state index in [1.165, 1.54) is 0 Å². The van der Waals surface area contributed by atoms with Gasteiger partial charge in [0.05, 0.1) is 13.2 Å². The van der Waals surface area contributed by atoms with Crippen LogP contribution in [0.2, 0.25) is 0 Å². The summed E-state index contributed by atoms with van der Waals surface area (Å²) in [5.74, 6) is 0.651. The van der Waals surface area contributed by atoms with Gasteiger partial charge in [0.1, 0.15) is 5.75 Å². The number of methoxy groups -OCH3 is 1. The average Bonchev–Trinajstić information content (AvgIpc) is 2.29. The highest BCUT2D eigenvalue weighted by Gasteiger charge is 2.11. The van der Waals surface area contributed by atoms with Crippen molar-refractivity contribution < 1.29 is 9.53 Å². The molecule has 1 aromatic rings. The molecule has 0 aliphatic carbocycles. The zero-order valence-corrected chi connectivity index (χ0v) is 10.2. The van der Waals surface area contributed by atoms with Crippen molar-refractivity contribution in [3.8, 4) is 5.75 Å². The Balaban J connectivity index is 0.00000225. The Morgan fingerprint density at radius 1 is 1.44 bits per heavy atom. The molecule has 0 spiro atoms. The molecule has 5 heteroatoms. The lowest BCUT2D eigenvalue weighted by molar-refractivity contribution is -0.121. The van der Waals surface area contributed by atoms with Gasteiger partial charge in [-0.1, -0.05) is 12.1 Å². The summed E-state index contributed by atoms with van der Waals surface area (Å²) in [6.07, 6.45) is 0.531. The first kappa shape index (κ1) is 14.7. The topological polar surface area (TPSA) is 64.4 Å². The third kappa shape index (κ3) is 4.08. The zero-order valence-electron chi connectivity index (χ0n) is 9.40. The van der Waals surface area contributed by atoms with Crippen LogP contribution in [0.5, 0.6) is 5.75 Å². The number of ether oxygens (including phenoxy) is 1. The summed E-state index contributed by atoms with van der Waals surface area (Å²) in [5.41, 5.74) is 6.71. The summed E-state index contributed by atoms with van der Waals surface area (Å²) in [5, 5.41) is 2.52. The molecule has 0 radical (unpaired) electrons. The number of nitrogens with two attached hydrogens (primary N) is 1. The van der Waals surface area contributed by atoms with Gasteiger partial charge in [-0.15, -0.1) is 12.4 Å². The first-order chi connectivity index (χ1) is 7.17. The molecule has 0 saturated carbocycles. The van der Waals surface area contributed by atoms with Gasteiger partial charge in [0.2, 0.25) is 5.91 Å². The molecule has 0 heterocycles.